The van der Waals surface area contributed by atoms with Crippen LogP contribution in [0, 0.1) is 0 Å². The van der Waals surface area contributed by atoms with Gasteiger partial charge in [0.2, 0.25) is 0 Å². The molecule has 0 aromatic rings. The Labute approximate surface area is 307 Å². The van der Waals surface area contributed by atoms with Crippen molar-refractivity contribution in [2.24, 2.45) is 0 Å². The highest BCUT2D eigenvalue weighted by Crippen LogP contribution is 2.38. The minimum Gasteiger partial charge on any atom is -0.756 e. The van der Waals surface area contributed by atoms with E-state index in [1.807, 2.05) is 21.1 Å². The second kappa shape index (κ2) is 33.3. The molecule has 1 unspecified atom stereocenters. The number of nitrogens with zero attached hydrogens (tertiary/aromatic N) is 1. The number of carbonyl (C=O) groups is 2. The minimum atomic E-state index is -4.62. The number of unbranched alkanes of at least 4 members (excludes halogenated alkanes) is 18. The molecule has 0 amide bonds. The van der Waals surface area contributed by atoms with E-state index in [0.717, 1.165) is 51.4 Å². The number of quaternary nitrogens is 1. The molecule has 2 atom stereocenters. The number of allylic oxidation sites excluding steroid dienone is 4. The maximum absolute atomic E-state index is 12.6. The fourth-order valence-corrected chi connectivity index (χ4v) is 6.00. The van der Waals surface area contributed by atoms with Gasteiger partial charge in [-0.05, 0) is 44.9 Å². The summed E-state index contributed by atoms with van der Waals surface area (Å²) in [5, 5.41) is 0. The number of likely N-dealkylation sites (N-methyl/N-ethyl adjacent to an activating group) is 1. The number of esters is 2. The normalized spacial score (nSPS) is 14.0. The van der Waals surface area contributed by atoms with Crippen molar-refractivity contribution in [1.29, 1.82) is 0 Å². The van der Waals surface area contributed by atoms with Gasteiger partial charge in [0.05, 0.1) is 27.7 Å². The molecule has 0 aliphatic heterocycles. The van der Waals surface area contributed by atoms with Gasteiger partial charge in [0, 0.05) is 12.8 Å². The molecule has 294 valence electrons. The van der Waals surface area contributed by atoms with Gasteiger partial charge in [0.1, 0.15) is 19.8 Å². The van der Waals surface area contributed by atoms with Crippen LogP contribution < -0.4 is 4.89 Å². The molecule has 0 aromatic heterocycles. The topological polar surface area (TPSA) is 111 Å². The van der Waals surface area contributed by atoms with E-state index >= 15 is 0 Å². The summed E-state index contributed by atoms with van der Waals surface area (Å²) < 4.78 is 33.7. The summed E-state index contributed by atoms with van der Waals surface area (Å²) in [4.78, 5) is 37.3. The average molecular weight is 730 g/mol. The first kappa shape index (κ1) is 48.5. The van der Waals surface area contributed by atoms with Crippen molar-refractivity contribution in [1.82, 2.24) is 0 Å². The van der Waals surface area contributed by atoms with Gasteiger partial charge in [-0.2, -0.15) is 0 Å². The van der Waals surface area contributed by atoms with Crippen LogP contribution in [0.25, 0.3) is 0 Å². The third-order valence-corrected chi connectivity index (χ3v) is 9.44. The quantitative estimate of drug-likeness (QED) is 0.0206. The maximum atomic E-state index is 12.6. The van der Waals surface area contributed by atoms with Crippen molar-refractivity contribution in [3.63, 3.8) is 0 Å². The van der Waals surface area contributed by atoms with E-state index in [-0.39, 0.29) is 32.0 Å². The van der Waals surface area contributed by atoms with Crippen molar-refractivity contribution >= 4 is 19.8 Å². The Morgan fingerprint density at radius 2 is 1.08 bits per heavy atom. The molecule has 0 heterocycles. The van der Waals surface area contributed by atoms with Gasteiger partial charge < -0.3 is 27.9 Å². The first-order valence-corrected chi connectivity index (χ1v) is 21.5. The van der Waals surface area contributed by atoms with Crippen molar-refractivity contribution in [3.05, 3.63) is 24.3 Å². The molecule has 10 heteroatoms. The minimum absolute atomic E-state index is 0.0311. The van der Waals surface area contributed by atoms with Crippen LogP contribution in [0.2, 0.25) is 0 Å². The average Bonchev–Trinajstić information content (AvgIpc) is 3.06. The van der Waals surface area contributed by atoms with Crippen LogP contribution in [0.3, 0.4) is 0 Å². The lowest BCUT2D eigenvalue weighted by Gasteiger charge is -2.28. The molecule has 0 bridgehead atoms. The molecule has 0 fully saturated rings. The van der Waals surface area contributed by atoms with Crippen molar-refractivity contribution < 1.29 is 42.1 Å². The van der Waals surface area contributed by atoms with Gasteiger partial charge in [-0.25, -0.2) is 0 Å². The van der Waals surface area contributed by atoms with Gasteiger partial charge in [-0.3, -0.25) is 14.2 Å². The lowest BCUT2D eigenvalue weighted by atomic mass is 10.1. The summed E-state index contributed by atoms with van der Waals surface area (Å²) in [5.74, 6) is -0.845. The van der Waals surface area contributed by atoms with Crippen LogP contribution in [0.15, 0.2) is 24.3 Å². The zero-order valence-corrected chi connectivity index (χ0v) is 33.7. The van der Waals surface area contributed by atoms with E-state index < -0.39 is 26.5 Å². The molecule has 50 heavy (non-hydrogen) atoms. The molecular weight excluding hydrogens is 653 g/mol. The summed E-state index contributed by atoms with van der Waals surface area (Å²) in [6.07, 6.45) is 33.5. The predicted molar refractivity (Wildman–Crippen MR) is 204 cm³/mol. The van der Waals surface area contributed by atoms with Crippen LogP contribution in [0.5, 0.6) is 0 Å². The van der Waals surface area contributed by atoms with Gasteiger partial charge in [0.15, 0.2) is 6.10 Å². The number of phosphoric ester groups is 1. The van der Waals surface area contributed by atoms with E-state index in [4.69, 9.17) is 18.5 Å². The molecule has 0 aliphatic rings. The van der Waals surface area contributed by atoms with E-state index in [0.29, 0.717) is 17.4 Å². The molecule has 0 rings (SSSR count). The molecule has 0 aromatic carbocycles. The van der Waals surface area contributed by atoms with Crippen LogP contribution in [0.4, 0.5) is 0 Å². The lowest BCUT2D eigenvalue weighted by Crippen LogP contribution is -2.37. The zero-order valence-electron chi connectivity index (χ0n) is 32.8. The van der Waals surface area contributed by atoms with E-state index in [1.165, 1.54) is 83.5 Å². The summed E-state index contributed by atoms with van der Waals surface area (Å²) in [6.45, 7) is 4.16. The van der Waals surface area contributed by atoms with E-state index in [1.54, 1.807) is 0 Å². The summed E-state index contributed by atoms with van der Waals surface area (Å²) in [5.41, 5.74) is 0. The Morgan fingerprint density at radius 3 is 1.62 bits per heavy atom. The summed E-state index contributed by atoms with van der Waals surface area (Å²) >= 11 is 0. The van der Waals surface area contributed by atoms with Crippen molar-refractivity contribution in [3.8, 4) is 0 Å². The molecule has 0 radical (unpaired) electrons. The zero-order chi connectivity index (χ0) is 37.2. The second-order valence-corrected chi connectivity index (χ2v) is 16.1. The molecular formula is C40H76NO8P. The Bertz CT molecular complexity index is 918. The Hall–Kier alpha value is -1.51. The Morgan fingerprint density at radius 1 is 0.620 bits per heavy atom. The Balaban J connectivity index is 4.38. The van der Waals surface area contributed by atoms with Gasteiger partial charge in [-0.1, -0.05) is 134 Å². The summed E-state index contributed by atoms with van der Waals surface area (Å²) in [6, 6.07) is 0. The number of phosphoric acid groups is 1. The number of ether oxygens (including phenoxy) is 2. The molecule has 9 nitrogen and oxygen atoms in total. The SMILES string of the molecule is CCCCC/C=C/C/C=C/CCCCCCCCCC(=O)O[C@H](COC(=O)CCCCCCCCCCC)COP(=O)([O-])OCC[N+](C)(C)C. The standard InChI is InChI=1S/C40H76NO8P/c1-6-8-10-12-14-16-17-18-19-20-21-22-23-25-27-29-31-33-40(43)49-38(37-48-50(44,45)47-35-34-41(3,4)5)36-46-39(42)32-30-28-26-24-15-13-11-9-7-2/h14,16,18-19,38H,6-13,15,17,20-37H2,1-5H3/b16-14+,19-18+/t38-/m1/s1. The highest BCUT2D eigenvalue weighted by Gasteiger charge is 2.21. The fraction of sp³-hybridized carbons (Fsp3) is 0.850. The largest absolute Gasteiger partial charge is 0.756 e. The Kier molecular flexibility index (Phi) is 32.3. The highest BCUT2D eigenvalue weighted by molar-refractivity contribution is 7.45. The fourth-order valence-electron chi connectivity index (χ4n) is 5.27. The first-order valence-electron chi connectivity index (χ1n) is 20.0. The summed E-state index contributed by atoms with van der Waals surface area (Å²) in [7, 11) is 1.16. The molecule has 0 N–H and O–H groups in total. The third kappa shape index (κ3) is 36.3. The molecule has 0 saturated heterocycles. The third-order valence-electron chi connectivity index (χ3n) is 8.47. The van der Waals surface area contributed by atoms with E-state index in [2.05, 4.69) is 38.2 Å². The number of carbonyl (C=O) groups excluding carboxylic acids is 2. The molecule has 0 aliphatic carbocycles. The second-order valence-electron chi connectivity index (χ2n) is 14.7. The number of hydrogen-bond donors (Lipinski definition) is 0. The van der Waals surface area contributed by atoms with Crippen LogP contribution in [0.1, 0.15) is 168 Å². The monoisotopic (exact) mass is 730 g/mol. The van der Waals surface area contributed by atoms with Crippen molar-refractivity contribution in [2.45, 2.75) is 174 Å². The first-order chi connectivity index (χ1) is 24.0. The van der Waals surface area contributed by atoms with Gasteiger partial charge >= 0.3 is 11.9 Å². The number of rotatable bonds is 36. The van der Waals surface area contributed by atoms with Gasteiger partial charge in [-0.15, -0.1) is 0 Å². The maximum Gasteiger partial charge on any atom is 0.306 e. The van der Waals surface area contributed by atoms with Crippen molar-refractivity contribution in [2.75, 3.05) is 47.5 Å². The predicted octanol–water partition coefficient (Wildman–Crippen LogP) is 10.2. The van der Waals surface area contributed by atoms with E-state index in [9.17, 15) is 19.0 Å². The van der Waals surface area contributed by atoms with Gasteiger partial charge in [0.25, 0.3) is 7.82 Å². The van der Waals surface area contributed by atoms with Crippen LogP contribution >= 0.6 is 7.82 Å². The van der Waals surface area contributed by atoms with Crippen LogP contribution in [-0.4, -0.2) is 70.0 Å². The smallest absolute Gasteiger partial charge is 0.306 e. The lowest BCUT2D eigenvalue weighted by molar-refractivity contribution is -0.870. The van der Waals surface area contributed by atoms with Crippen LogP contribution in [-0.2, 0) is 32.7 Å². The highest BCUT2D eigenvalue weighted by atomic mass is 31.2. The molecule has 0 saturated carbocycles. The molecule has 0 spiro atoms. The number of hydrogen-bond acceptors (Lipinski definition) is 8.